The van der Waals surface area contributed by atoms with Gasteiger partial charge >= 0.3 is 0 Å². The van der Waals surface area contributed by atoms with Crippen LogP contribution in [-0.4, -0.2) is 56.8 Å². The summed E-state index contributed by atoms with van der Waals surface area (Å²) in [4.78, 5) is 7.34. The molecule has 25 heavy (non-hydrogen) atoms. The molecule has 0 saturated carbocycles. The second kappa shape index (κ2) is 12.5. The van der Waals surface area contributed by atoms with Gasteiger partial charge in [-0.05, 0) is 25.8 Å². The lowest BCUT2D eigenvalue weighted by atomic mass is 10.0. The fourth-order valence-corrected chi connectivity index (χ4v) is 2.96. The van der Waals surface area contributed by atoms with Crippen molar-refractivity contribution in [2.45, 2.75) is 33.2 Å². The Hall–Kier alpha value is -0.860. The van der Waals surface area contributed by atoms with E-state index in [9.17, 15) is 0 Å². The van der Waals surface area contributed by atoms with Crippen molar-refractivity contribution in [3.05, 3.63) is 35.4 Å². The van der Waals surface area contributed by atoms with Crippen LogP contribution in [0.25, 0.3) is 0 Å². The van der Waals surface area contributed by atoms with Gasteiger partial charge in [-0.15, -0.1) is 24.0 Å². The van der Waals surface area contributed by atoms with E-state index in [4.69, 9.17) is 9.73 Å². The van der Waals surface area contributed by atoms with Crippen molar-refractivity contribution in [3.63, 3.8) is 0 Å². The molecule has 1 aromatic carbocycles. The van der Waals surface area contributed by atoms with Crippen molar-refractivity contribution >= 4 is 29.9 Å². The van der Waals surface area contributed by atoms with E-state index in [-0.39, 0.29) is 24.0 Å². The lowest BCUT2D eigenvalue weighted by Crippen LogP contribution is -2.42. The average Bonchev–Trinajstić information content (AvgIpc) is 2.61. The lowest BCUT2D eigenvalue weighted by molar-refractivity contribution is 0.0179. The summed E-state index contributed by atoms with van der Waals surface area (Å²) in [7, 11) is 0. The second-order valence-corrected chi connectivity index (χ2v) is 6.22. The minimum absolute atomic E-state index is 0. The zero-order valence-electron chi connectivity index (χ0n) is 15.8. The summed E-state index contributed by atoms with van der Waals surface area (Å²) < 4.78 is 5.52. The first-order chi connectivity index (χ1) is 11.7. The molecular formula is C19H33IN4O. The Morgan fingerprint density at radius 3 is 2.64 bits per heavy atom. The number of hydrogen-bond acceptors (Lipinski definition) is 3. The van der Waals surface area contributed by atoms with Crippen molar-refractivity contribution in [3.8, 4) is 0 Å². The fraction of sp³-hybridized carbons (Fsp3) is 0.632. The maximum absolute atomic E-state index is 5.52. The molecule has 0 aliphatic carbocycles. The highest BCUT2D eigenvalue weighted by Crippen LogP contribution is 2.23. The molecule has 0 amide bonds. The SMILES string of the molecule is CCCNC(=NCC(c1cccc(C)c1)N1CCOCC1)NCC.I. The standard InChI is InChI=1S/C19H32N4O.HI/c1-4-9-21-19(20-5-2)22-15-18(23-10-12-24-13-11-23)17-8-6-7-16(3)14-17;/h6-8,14,18H,4-5,9-13,15H2,1-3H3,(H2,20,21,22);1H. The van der Waals surface area contributed by atoms with Crippen LogP contribution in [0.1, 0.15) is 37.4 Å². The number of nitrogens with zero attached hydrogens (tertiary/aromatic N) is 2. The third-order valence-electron chi connectivity index (χ3n) is 4.22. The smallest absolute Gasteiger partial charge is 0.191 e. The minimum atomic E-state index is 0. The van der Waals surface area contributed by atoms with Gasteiger partial charge in [-0.25, -0.2) is 0 Å². The largest absolute Gasteiger partial charge is 0.379 e. The number of aryl methyl sites for hydroxylation is 1. The van der Waals surface area contributed by atoms with Gasteiger partial charge in [0.1, 0.15) is 0 Å². The quantitative estimate of drug-likeness (QED) is 0.373. The molecule has 1 fully saturated rings. The average molecular weight is 460 g/mol. The predicted molar refractivity (Wildman–Crippen MR) is 116 cm³/mol. The monoisotopic (exact) mass is 460 g/mol. The van der Waals surface area contributed by atoms with Crippen LogP contribution >= 0.6 is 24.0 Å². The van der Waals surface area contributed by atoms with E-state index in [2.05, 4.69) is 60.6 Å². The third-order valence-corrected chi connectivity index (χ3v) is 4.22. The van der Waals surface area contributed by atoms with Gasteiger partial charge in [0.15, 0.2) is 5.96 Å². The Morgan fingerprint density at radius 2 is 2.00 bits per heavy atom. The summed E-state index contributed by atoms with van der Waals surface area (Å²) in [5.74, 6) is 0.908. The summed E-state index contributed by atoms with van der Waals surface area (Å²) in [6, 6.07) is 9.08. The molecule has 0 radical (unpaired) electrons. The van der Waals surface area contributed by atoms with Gasteiger partial charge in [-0.3, -0.25) is 9.89 Å². The number of halogens is 1. The molecule has 1 aromatic rings. The number of morpholine rings is 1. The second-order valence-electron chi connectivity index (χ2n) is 6.22. The molecule has 2 N–H and O–H groups in total. The highest BCUT2D eigenvalue weighted by atomic mass is 127. The van der Waals surface area contributed by atoms with Crippen molar-refractivity contribution in [1.29, 1.82) is 0 Å². The normalized spacial score (nSPS) is 16.8. The van der Waals surface area contributed by atoms with Gasteiger partial charge in [-0.2, -0.15) is 0 Å². The molecule has 1 aliphatic heterocycles. The maximum atomic E-state index is 5.52. The van der Waals surface area contributed by atoms with Crippen molar-refractivity contribution < 1.29 is 4.74 Å². The first-order valence-electron chi connectivity index (χ1n) is 9.15. The number of rotatable bonds is 7. The van der Waals surface area contributed by atoms with Crippen LogP contribution in [0.5, 0.6) is 0 Å². The molecular weight excluding hydrogens is 427 g/mol. The van der Waals surface area contributed by atoms with Crippen LogP contribution in [-0.2, 0) is 4.74 Å². The molecule has 1 heterocycles. The number of ether oxygens (including phenoxy) is 1. The van der Waals surface area contributed by atoms with E-state index in [1.54, 1.807) is 0 Å². The van der Waals surface area contributed by atoms with E-state index >= 15 is 0 Å². The first-order valence-corrected chi connectivity index (χ1v) is 9.15. The molecule has 0 aromatic heterocycles. The molecule has 5 nitrogen and oxygen atoms in total. The van der Waals surface area contributed by atoms with E-state index < -0.39 is 0 Å². The van der Waals surface area contributed by atoms with Crippen LogP contribution in [0.2, 0.25) is 0 Å². The molecule has 0 spiro atoms. The summed E-state index contributed by atoms with van der Waals surface area (Å²) >= 11 is 0. The van der Waals surface area contributed by atoms with Crippen LogP contribution in [0.3, 0.4) is 0 Å². The third kappa shape index (κ3) is 7.50. The Balaban J connectivity index is 0.00000312. The van der Waals surface area contributed by atoms with Gasteiger partial charge in [0.2, 0.25) is 0 Å². The summed E-state index contributed by atoms with van der Waals surface area (Å²) in [6.07, 6.45) is 1.09. The molecule has 1 unspecified atom stereocenters. The maximum Gasteiger partial charge on any atom is 0.191 e. The van der Waals surface area contributed by atoms with Gasteiger partial charge in [-0.1, -0.05) is 36.8 Å². The Labute approximate surface area is 169 Å². The number of hydrogen-bond donors (Lipinski definition) is 2. The zero-order valence-corrected chi connectivity index (χ0v) is 18.1. The van der Waals surface area contributed by atoms with Crippen LogP contribution in [0, 0.1) is 6.92 Å². The molecule has 0 bridgehead atoms. The minimum Gasteiger partial charge on any atom is -0.379 e. The highest BCUT2D eigenvalue weighted by molar-refractivity contribution is 14.0. The Bertz CT molecular complexity index is 518. The Kier molecular flexibility index (Phi) is 11.1. The molecule has 2 rings (SSSR count). The van der Waals surface area contributed by atoms with Gasteiger partial charge < -0.3 is 15.4 Å². The van der Waals surface area contributed by atoms with Gasteiger partial charge in [0.25, 0.3) is 0 Å². The summed E-state index contributed by atoms with van der Waals surface area (Å²) in [6.45, 7) is 12.5. The van der Waals surface area contributed by atoms with Crippen molar-refractivity contribution in [1.82, 2.24) is 15.5 Å². The molecule has 6 heteroatoms. The lowest BCUT2D eigenvalue weighted by Gasteiger charge is -2.34. The number of benzene rings is 1. The molecule has 142 valence electrons. The van der Waals surface area contributed by atoms with Gasteiger partial charge in [0.05, 0.1) is 25.8 Å². The van der Waals surface area contributed by atoms with Crippen LogP contribution < -0.4 is 10.6 Å². The highest BCUT2D eigenvalue weighted by Gasteiger charge is 2.22. The Morgan fingerprint density at radius 1 is 1.24 bits per heavy atom. The van der Waals surface area contributed by atoms with Crippen molar-refractivity contribution in [2.24, 2.45) is 4.99 Å². The van der Waals surface area contributed by atoms with E-state index in [0.717, 1.165) is 58.3 Å². The molecule has 1 atom stereocenters. The molecule has 1 saturated heterocycles. The van der Waals surface area contributed by atoms with E-state index in [0.29, 0.717) is 6.04 Å². The summed E-state index contributed by atoms with van der Waals surface area (Å²) in [5.41, 5.74) is 2.64. The molecule has 1 aliphatic rings. The van der Waals surface area contributed by atoms with Crippen LogP contribution in [0.4, 0.5) is 0 Å². The van der Waals surface area contributed by atoms with Gasteiger partial charge in [0, 0.05) is 26.2 Å². The number of nitrogens with one attached hydrogen (secondary N) is 2. The summed E-state index contributed by atoms with van der Waals surface area (Å²) in [5, 5.41) is 6.72. The fourth-order valence-electron chi connectivity index (χ4n) is 2.96. The predicted octanol–water partition coefficient (Wildman–Crippen LogP) is 2.95. The number of guanidine groups is 1. The topological polar surface area (TPSA) is 48.9 Å². The van der Waals surface area contributed by atoms with Crippen LogP contribution in [0.15, 0.2) is 29.3 Å². The van der Waals surface area contributed by atoms with Crippen molar-refractivity contribution in [2.75, 3.05) is 45.9 Å². The first kappa shape index (κ1) is 22.2. The number of aliphatic imine (C=N–C) groups is 1. The zero-order chi connectivity index (χ0) is 17.2. The van der Waals surface area contributed by atoms with E-state index in [1.165, 1.54) is 11.1 Å². The van der Waals surface area contributed by atoms with E-state index in [1.807, 2.05) is 0 Å².